The number of thiophene rings is 1. The largest absolute Gasteiger partial charge is 0.371 e. The lowest BCUT2D eigenvalue weighted by atomic mass is 10.0. The lowest BCUT2D eigenvalue weighted by Gasteiger charge is -2.33. The molecular formula is C11H18N2S. The van der Waals surface area contributed by atoms with Gasteiger partial charge in [-0.15, -0.1) is 0 Å². The normalized spacial score (nSPS) is 18.8. The van der Waals surface area contributed by atoms with Crippen LogP contribution in [0.5, 0.6) is 0 Å². The van der Waals surface area contributed by atoms with Crippen LogP contribution in [0.4, 0.5) is 5.69 Å². The van der Waals surface area contributed by atoms with Crippen molar-refractivity contribution in [3.05, 3.63) is 16.8 Å². The molecule has 2 rings (SSSR count). The van der Waals surface area contributed by atoms with Crippen LogP contribution in [0.25, 0.3) is 0 Å². The van der Waals surface area contributed by atoms with E-state index in [0.29, 0.717) is 0 Å². The van der Waals surface area contributed by atoms with Crippen molar-refractivity contribution in [2.45, 2.75) is 25.8 Å². The van der Waals surface area contributed by atoms with Gasteiger partial charge in [0.05, 0.1) is 0 Å². The monoisotopic (exact) mass is 210 g/mol. The van der Waals surface area contributed by atoms with E-state index in [0.717, 1.165) is 12.6 Å². The van der Waals surface area contributed by atoms with Crippen molar-refractivity contribution in [2.24, 2.45) is 0 Å². The molecule has 0 aliphatic carbocycles. The van der Waals surface area contributed by atoms with Gasteiger partial charge in [0.2, 0.25) is 0 Å². The molecule has 1 saturated heterocycles. The Hall–Kier alpha value is -0.540. The average molecular weight is 210 g/mol. The van der Waals surface area contributed by atoms with Gasteiger partial charge in [-0.2, -0.15) is 11.3 Å². The summed E-state index contributed by atoms with van der Waals surface area (Å²) in [5, 5.41) is 7.93. The molecule has 0 saturated carbocycles. The first-order valence-electron chi connectivity index (χ1n) is 5.40. The molecule has 14 heavy (non-hydrogen) atoms. The number of anilines is 1. The van der Waals surface area contributed by atoms with Crippen molar-refractivity contribution < 1.29 is 0 Å². The SMILES string of the molecule is CCNC1CCN(c2ccsc2)CC1. The lowest BCUT2D eigenvalue weighted by molar-refractivity contribution is 0.424. The van der Waals surface area contributed by atoms with Crippen molar-refractivity contribution in [3.8, 4) is 0 Å². The van der Waals surface area contributed by atoms with E-state index in [9.17, 15) is 0 Å². The highest BCUT2D eigenvalue weighted by Gasteiger charge is 2.18. The quantitative estimate of drug-likeness (QED) is 0.823. The molecule has 1 aliphatic rings. The highest BCUT2D eigenvalue weighted by Crippen LogP contribution is 2.22. The zero-order chi connectivity index (χ0) is 9.80. The van der Waals surface area contributed by atoms with Crippen LogP contribution < -0.4 is 10.2 Å². The van der Waals surface area contributed by atoms with E-state index < -0.39 is 0 Å². The molecular weight excluding hydrogens is 192 g/mol. The second-order valence-electron chi connectivity index (χ2n) is 3.80. The van der Waals surface area contributed by atoms with Crippen molar-refractivity contribution in [2.75, 3.05) is 24.5 Å². The van der Waals surface area contributed by atoms with E-state index in [2.05, 4.69) is 34.0 Å². The minimum absolute atomic E-state index is 0.745. The highest BCUT2D eigenvalue weighted by molar-refractivity contribution is 7.08. The molecule has 0 amide bonds. The van der Waals surface area contributed by atoms with Gasteiger partial charge in [-0.1, -0.05) is 6.92 Å². The molecule has 78 valence electrons. The number of nitrogens with one attached hydrogen (secondary N) is 1. The van der Waals surface area contributed by atoms with E-state index in [4.69, 9.17) is 0 Å². The maximum Gasteiger partial charge on any atom is 0.0474 e. The highest BCUT2D eigenvalue weighted by atomic mass is 32.1. The van der Waals surface area contributed by atoms with Crippen LogP contribution in [0.2, 0.25) is 0 Å². The smallest absolute Gasteiger partial charge is 0.0474 e. The Bertz CT molecular complexity index is 250. The van der Waals surface area contributed by atoms with Gasteiger partial charge in [0.25, 0.3) is 0 Å². The molecule has 2 heterocycles. The molecule has 0 radical (unpaired) electrons. The van der Waals surface area contributed by atoms with Gasteiger partial charge in [-0.25, -0.2) is 0 Å². The Morgan fingerprint density at radius 1 is 1.50 bits per heavy atom. The molecule has 1 fully saturated rings. The first kappa shape index (κ1) is 9.99. The molecule has 2 nitrogen and oxygen atoms in total. The Morgan fingerprint density at radius 2 is 2.29 bits per heavy atom. The zero-order valence-electron chi connectivity index (χ0n) is 8.70. The molecule has 1 aliphatic heterocycles. The lowest BCUT2D eigenvalue weighted by Crippen LogP contribution is -2.42. The first-order chi connectivity index (χ1) is 6.90. The summed E-state index contributed by atoms with van der Waals surface area (Å²) in [7, 11) is 0. The van der Waals surface area contributed by atoms with Crippen molar-refractivity contribution in [1.82, 2.24) is 5.32 Å². The molecule has 0 bridgehead atoms. The summed E-state index contributed by atoms with van der Waals surface area (Å²) in [6, 6.07) is 2.97. The van der Waals surface area contributed by atoms with Crippen LogP contribution in [0.15, 0.2) is 16.8 Å². The van der Waals surface area contributed by atoms with Gasteiger partial charge in [-0.3, -0.25) is 0 Å². The molecule has 1 aromatic heterocycles. The van der Waals surface area contributed by atoms with E-state index in [-0.39, 0.29) is 0 Å². The second kappa shape index (κ2) is 4.80. The molecule has 3 heteroatoms. The Labute approximate surface area is 89.9 Å². The molecule has 0 atom stereocenters. The number of rotatable bonds is 3. The number of hydrogen-bond donors (Lipinski definition) is 1. The summed E-state index contributed by atoms with van der Waals surface area (Å²) in [5.41, 5.74) is 1.41. The van der Waals surface area contributed by atoms with Gasteiger partial charge in [0.15, 0.2) is 0 Å². The van der Waals surface area contributed by atoms with E-state index in [1.54, 1.807) is 11.3 Å². The third kappa shape index (κ3) is 2.28. The van der Waals surface area contributed by atoms with Crippen LogP contribution in [0.3, 0.4) is 0 Å². The third-order valence-electron chi connectivity index (χ3n) is 2.86. The Kier molecular flexibility index (Phi) is 3.43. The van der Waals surface area contributed by atoms with Crippen LogP contribution in [0.1, 0.15) is 19.8 Å². The Balaban J connectivity index is 1.84. The maximum absolute atomic E-state index is 3.53. The summed E-state index contributed by atoms with van der Waals surface area (Å²) in [5.74, 6) is 0. The maximum atomic E-state index is 3.53. The van der Waals surface area contributed by atoms with Gasteiger partial charge in [0.1, 0.15) is 0 Å². The van der Waals surface area contributed by atoms with E-state index >= 15 is 0 Å². The van der Waals surface area contributed by atoms with Crippen LogP contribution in [0, 0.1) is 0 Å². The Morgan fingerprint density at radius 3 is 2.86 bits per heavy atom. The minimum Gasteiger partial charge on any atom is -0.371 e. The van der Waals surface area contributed by atoms with Crippen LogP contribution >= 0.6 is 11.3 Å². The molecule has 0 spiro atoms. The number of nitrogens with zero attached hydrogens (tertiary/aromatic N) is 1. The molecule has 1 N–H and O–H groups in total. The summed E-state index contributed by atoms with van der Waals surface area (Å²) < 4.78 is 0. The fourth-order valence-corrected chi connectivity index (χ4v) is 2.73. The van der Waals surface area contributed by atoms with Crippen LogP contribution in [-0.2, 0) is 0 Å². The average Bonchev–Trinajstić information content (AvgIpc) is 2.72. The molecule has 1 aromatic rings. The van der Waals surface area contributed by atoms with E-state index in [1.165, 1.54) is 31.6 Å². The first-order valence-corrected chi connectivity index (χ1v) is 6.35. The summed E-state index contributed by atoms with van der Waals surface area (Å²) >= 11 is 1.79. The van der Waals surface area contributed by atoms with Crippen molar-refractivity contribution in [1.29, 1.82) is 0 Å². The summed E-state index contributed by atoms with van der Waals surface area (Å²) in [4.78, 5) is 2.49. The van der Waals surface area contributed by atoms with Gasteiger partial charge in [0, 0.05) is 30.2 Å². The third-order valence-corrected chi connectivity index (χ3v) is 3.53. The van der Waals surface area contributed by atoms with Gasteiger partial charge in [-0.05, 0) is 30.8 Å². The molecule has 0 aromatic carbocycles. The zero-order valence-corrected chi connectivity index (χ0v) is 9.52. The fraction of sp³-hybridized carbons (Fsp3) is 0.636. The fourth-order valence-electron chi connectivity index (χ4n) is 2.07. The number of piperidine rings is 1. The summed E-state index contributed by atoms with van der Waals surface area (Å²) in [6.07, 6.45) is 2.56. The van der Waals surface area contributed by atoms with Gasteiger partial charge < -0.3 is 10.2 Å². The number of hydrogen-bond acceptors (Lipinski definition) is 3. The second-order valence-corrected chi connectivity index (χ2v) is 4.58. The minimum atomic E-state index is 0.745. The summed E-state index contributed by atoms with van der Waals surface area (Å²) in [6.45, 7) is 5.69. The standard InChI is InChI=1S/C11H18N2S/c1-2-12-10-3-6-13(7-4-10)11-5-8-14-9-11/h5,8-10,12H,2-4,6-7H2,1H3. The van der Waals surface area contributed by atoms with E-state index in [1.807, 2.05) is 0 Å². The van der Waals surface area contributed by atoms with Crippen LogP contribution in [-0.4, -0.2) is 25.7 Å². The van der Waals surface area contributed by atoms with Crippen molar-refractivity contribution in [3.63, 3.8) is 0 Å². The topological polar surface area (TPSA) is 15.3 Å². The predicted octanol–water partition coefficient (Wildman–Crippen LogP) is 2.33. The van der Waals surface area contributed by atoms with Crippen molar-refractivity contribution >= 4 is 17.0 Å². The van der Waals surface area contributed by atoms with Gasteiger partial charge >= 0.3 is 0 Å². The predicted molar refractivity (Wildman–Crippen MR) is 63.2 cm³/mol. The molecule has 0 unspecified atom stereocenters.